The lowest BCUT2D eigenvalue weighted by atomic mass is 10.2. The molecule has 82 valence electrons. The van der Waals surface area contributed by atoms with Crippen molar-refractivity contribution < 1.29 is 4.39 Å². The molecule has 2 N–H and O–H groups in total. The van der Waals surface area contributed by atoms with E-state index < -0.39 is 0 Å². The van der Waals surface area contributed by atoms with Crippen molar-refractivity contribution in [1.82, 2.24) is 0 Å². The number of hydrogen-bond donors (Lipinski definition) is 1. The molecule has 0 bridgehead atoms. The molecule has 1 saturated carbocycles. The van der Waals surface area contributed by atoms with Crippen LogP contribution in [0.2, 0.25) is 0 Å². The van der Waals surface area contributed by atoms with Gasteiger partial charge in [0.15, 0.2) is 0 Å². The second-order valence-corrected chi connectivity index (χ2v) is 4.70. The molecule has 0 spiro atoms. The van der Waals surface area contributed by atoms with Crippen molar-refractivity contribution in [3.63, 3.8) is 0 Å². The Morgan fingerprint density at radius 3 is 2.73 bits per heavy atom. The van der Waals surface area contributed by atoms with Gasteiger partial charge >= 0.3 is 0 Å². The molecule has 0 aliphatic heterocycles. The maximum absolute atomic E-state index is 13.2. The average molecular weight is 273 g/mol. The van der Waals surface area contributed by atoms with Crippen molar-refractivity contribution in [3.8, 4) is 0 Å². The fourth-order valence-electron chi connectivity index (χ4n) is 1.81. The zero-order chi connectivity index (χ0) is 11.0. The molecule has 0 amide bonds. The Kier molecular flexibility index (Phi) is 2.87. The van der Waals surface area contributed by atoms with Gasteiger partial charge in [0.05, 0.1) is 15.8 Å². The van der Waals surface area contributed by atoms with Gasteiger partial charge in [-0.2, -0.15) is 0 Å². The van der Waals surface area contributed by atoms with E-state index in [9.17, 15) is 4.39 Å². The molecule has 2 rings (SSSR count). The highest BCUT2D eigenvalue weighted by Crippen LogP contribution is 2.36. The first-order chi connectivity index (χ1) is 7.13. The zero-order valence-corrected chi connectivity index (χ0v) is 10.2. The molecule has 1 aromatic carbocycles. The summed E-state index contributed by atoms with van der Waals surface area (Å²) in [5, 5.41) is 0. The molecule has 0 radical (unpaired) electrons. The Bertz CT molecular complexity index is 377. The molecule has 0 atom stereocenters. The average Bonchev–Trinajstić information content (AvgIpc) is 2.99. The molecule has 1 aliphatic rings. The van der Waals surface area contributed by atoms with Crippen molar-refractivity contribution in [2.75, 3.05) is 17.2 Å². The van der Waals surface area contributed by atoms with Gasteiger partial charge in [-0.05, 0) is 41.8 Å². The zero-order valence-electron chi connectivity index (χ0n) is 8.63. The van der Waals surface area contributed by atoms with Crippen LogP contribution in [0, 0.1) is 5.82 Å². The lowest BCUT2D eigenvalue weighted by Gasteiger charge is -2.24. The molecule has 15 heavy (non-hydrogen) atoms. The Labute approximate surface area is 97.4 Å². The summed E-state index contributed by atoms with van der Waals surface area (Å²) in [7, 11) is 0. The van der Waals surface area contributed by atoms with Gasteiger partial charge in [-0.15, -0.1) is 0 Å². The highest BCUT2D eigenvalue weighted by atomic mass is 79.9. The molecule has 4 heteroatoms. The highest BCUT2D eigenvalue weighted by molar-refractivity contribution is 9.10. The minimum atomic E-state index is -0.303. The maximum atomic E-state index is 13.2. The van der Waals surface area contributed by atoms with Gasteiger partial charge in [-0.1, -0.05) is 0 Å². The number of halogens is 2. The first-order valence-electron chi connectivity index (χ1n) is 5.14. The van der Waals surface area contributed by atoms with E-state index in [1.165, 1.54) is 18.9 Å². The Balaban J connectivity index is 2.37. The standard InChI is InChI=1S/C11H14BrFN2/c1-2-15(7-3-4-7)11-5-8(12)9(13)6-10(11)14/h5-7H,2-4,14H2,1H3. The van der Waals surface area contributed by atoms with E-state index >= 15 is 0 Å². The Hall–Kier alpha value is -0.770. The van der Waals surface area contributed by atoms with Crippen molar-refractivity contribution in [1.29, 1.82) is 0 Å². The summed E-state index contributed by atoms with van der Waals surface area (Å²) in [6.07, 6.45) is 2.42. The molecular weight excluding hydrogens is 259 g/mol. The van der Waals surface area contributed by atoms with Crippen LogP contribution in [-0.4, -0.2) is 12.6 Å². The fraction of sp³-hybridized carbons (Fsp3) is 0.455. The van der Waals surface area contributed by atoms with Crippen LogP contribution in [0.25, 0.3) is 0 Å². The van der Waals surface area contributed by atoms with Gasteiger partial charge in [0, 0.05) is 18.7 Å². The van der Waals surface area contributed by atoms with E-state index in [1.54, 1.807) is 6.07 Å². The third-order valence-electron chi connectivity index (χ3n) is 2.71. The van der Waals surface area contributed by atoms with Crippen molar-refractivity contribution in [2.24, 2.45) is 0 Å². The van der Waals surface area contributed by atoms with Gasteiger partial charge in [-0.3, -0.25) is 0 Å². The summed E-state index contributed by atoms with van der Waals surface area (Å²) in [5.74, 6) is -0.303. The van der Waals surface area contributed by atoms with E-state index in [0.29, 0.717) is 16.2 Å². The molecule has 1 aromatic rings. The highest BCUT2D eigenvalue weighted by Gasteiger charge is 2.29. The number of anilines is 2. The molecule has 0 saturated heterocycles. The summed E-state index contributed by atoms with van der Waals surface area (Å²) >= 11 is 3.19. The van der Waals surface area contributed by atoms with Crippen LogP contribution in [0.4, 0.5) is 15.8 Å². The first kappa shape index (κ1) is 10.7. The molecule has 1 aliphatic carbocycles. The monoisotopic (exact) mass is 272 g/mol. The summed E-state index contributed by atoms with van der Waals surface area (Å²) in [5.41, 5.74) is 7.29. The van der Waals surface area contributed by atoms with Crippen molar-refractivity contribution in [2.45, 2.75) is 25.8 Å². The molecule has 0 unspecified atom stereocenters. The normalized spacial score (nSPS) is 15.4. The predicted molar refractivity (Wildman–Crippen MR) is 64.6 cm³/mol. The first-order valence-corrected chi connectivity index (χ1v) is 5.94. The number of benzene rings is 1. The van der Waals surface area contributed by atoms with Crippen LogP contribution in [0.15, 0.2) is 16.6 Å². The van der Waals surface area contributed by atoms with Crippen LogP contribution in [0.1, 0.15) is 19.8 Å². The quantitative estimate of drug-likeness (QED) is 0.857. The minimum Gasteiger partial charge on any atom is -0.397 e. The van der Waals surface area contributed by atoms with Gasteiger partial charge in [0.25, 0.3) is 0 Å². The van der Waals surface area contributed by atoms with Crippen LogP contribution < -0.4 is 10.6 Å². The molecule has 0 heterocycles. The fourth-order valence-corrected chi connectivity index (χ4v) is 2.14. The van der Waals surface area contributed by atoms with Crippen molar-refractivity contribution in [3.05, 3.63) is 22.4 Å². The van der Waals surface area contributed by atoms with Crippen LogP contribution in [0.3, 0.4) is 0 Å². The second-order valence-electron chi connectivity index (χ2n) is 3.84. The SMILES string of the molecule is CCN(c1cc(Br)c(F)cc1N)C1CC1. The third-order valence-corrected chi connectivity index (χ3v) is 3.32. The molecule has 0 aromatic heterocycles. The summed E-state index contributed by atoms with van der Waals surface area (Å²) < 4.78 is 13.7. The van der Waals surface area contributed by atoms with Crippen molar-refractivity contribution >= 4 is 27.3 Å². The molecule has 2 nitrogen and oxygen atoms in total. The lowest BCUT2D eigenvalue weighted by Crippen LogP contribution is -2.26. The van der Waals surface area contributed by atoms with E-state index in [1.807, 2.05) is 0 Å². The smallest absolute Gasteiger partial charge is 0.139 e. The molecular formula is C11H14BrFN2. The Morgan fingerprint density at radius 1 is 1.53 bits per heavy atom. The van der Waals surface area contributed by atoms with Gasteiger partial charge < -0.3 is 10.6 Å². The summed E-state index contributed by atoms with van der Waals surface area (Å²) in [6, 6.07) is 3.74. The largest absolute Gasteiger partial charge is 0.397 e. The van der Waals surface area contributed by atoms with Gasteiger partial charge in [-0.25, -0.2) is 4.39 Å². The molecule has 1 fully saturated rings. The minimum absolute atomic E-state index is 0.303. The number of nitrogens with zero attached hydrogens (tertiary/aromatic N) is 1. The predicted octanol–water partition coefficient (Wildman–Crippen LogP) is 3.16. The number of rotatable bonds is 3. The number of nitrogens with two attached hydrogens (primary N) is 1. The lowest BCUT2D eigenvalue weighted by molar-refractivity contribution is 0.621. The maximum Gasteiger partial charge on any atom is 0.139 e. The number of nitrogen functional groups attached to an aromatic ring is 1. The van der Waals surface area contributed by atoms with Crippen LogP contribution >= 0.6 is 15.9 Å². The van der Waals surface area contributed by atoms with Gasteiger partial charge in [0.2, 0.25) is 0 Å². The van der Waals surface area contributed by atoms with E-state index in [-0.39, 0.29) is 5.82 Å². The second kappa shape index (κ2) is 4.00. The number of hydrogen-bond acceptors (Lipinski definition) is 2. The van der Waals surface area contributed by atoms with Gasteiger partial charge in [0.1, 0.15) is 5.82 Å². The third kappa shape index (κ3) is 2.09. The van der Waals surface area contributed by atoms with E-state index in [0.717, 1.165) is 12.2 Å². The van der Waals surface area contributed by atoms with E-state index in [4.69, 9.17) is 5.73 Å². The Morgan fingerprint density at radius 2 is 2.20 bits per heavy atom. The topological polar surface area (TPSA) is 29.3 Å². The van der Waals surface area contributed by atoms with Crippen LogP contribution in [0.5, 0.6) is 0 Å². The summed E-state index contributed by atoms with van der Waals surface area (Å²) in [4.78, 5) is 2.24. The van der Waals surface area contributed by atoms with E-state index in [2.05, 4.69) is 27.8 Å². The summed E-state index contributed by atoms with van der Waals surface area (Å²) in [6.45, 7) is 3.00. The van der Waals surface area contributed by atoms with Crippen LogP contribution in [-0.2, 0) is 0 Å².